The largest absolute Gasteiger partial charge is 0.502 e. The summed E-state index contributed by atoms with van der Waals surface area (Å²) in [5.41, 5.74) is 0.634. The molecule has 1 aromatic heterocycles. The van der Waals surface area contributed by atoms with Crippen LogP contribution in [-0.2, 0) is 0 Å². The molecular weight excluding hydrogens is 437 g/mol. The molecule has 34 heavy (non-hydrogen) atoms. The molecule has 2 aromatic carbocycles. The number of amides is 1. The van der Waals surface area contributed by atoms with E-state index in [2.05, 4.69) is 0 Å². The first-order valence-electron chi connectivity index (χ1n) is 11.2. The zero-order valence-electron chi connectivity index (χ0n) is 18.6. The van der Waals surface area contributed by atoms with Gasteiger partial charge in [-0.2, -0.15) is 0 Å². The minimum atomic E-state index is -0.639. The lowest BCUT2D eigenvalue weighted by Crippen LogP contribution is -2.57. The monoisotopic (exact) mass is 461 g/mol. The number of para-hydroxylation sites is 1. The van der Waals surface area contributed by atoms with E-state index in [1.54, 1.807) is 23.1 Å². The van der Waals surface area contributed by atoms with Crippen molar-refractivity contribution in [1.29, 1.82) is 0 Å². The molecule has 0 spiro atoms. The minimum absolute atomic E-state index is 0.117. The standard InChI is InChI=1S/C26H24FN3O4/c1-2-18-10-7-15-34-25-19(11-6-12-20(25)27)22(17-8-4-3-5-9-17)30-16-28(18)26(33)23-24(32)21(31)13-14-29(23)30/h3-14,18,22,32H,2,15-16H2,1H3/b10-7-/t18-,22-/m1/s1. The van der Waals surface area contributed by atoms with Gasteiger partial charge in [-0.05, 0) is 24.1 Å². The smallest absolute Gasteiger partial charge is 0.278 e. The SMILES string of the molecule is CC[C@@H]1/C=C\COc2c(F)cccc2[C@@H](c2ccccc2)N2CN1C(=O)c1c(O)c(=O)ccn12. The van der Waals surface area contributed by atoms with Crippen LogP contribution in [-0.4, -0.2) is 39.9 Å². The van der Waals surface area contributed by atoms with Crippen LogP contribution >= 0.6 is 0 Å². The summed E-state index contributed by atoms with van der Waals surface area (Å²) in [7, 11) is 0. The molecule has 3 heterocycles. The van der Waals surface area contributed by atoms with E-state index in [4.69, 9.17) is 4.74 Å². The van der Waals surface area contributed by atoms with Gasteiger partial charge >= 0.3 is 0 Å². The summed E-state index contributed by atoms with van der Waals surface area (Å²) in [5, 5.41) is 12.5. The first-order chi connectivity index (χ1) is 16.5. The number of pyridine rings is 1. The molecule has 2 bridgehead atoms. The van der Waals surface area contributed by atoms with Crippen molar-refractivity contribution in [1.82, 2.24) is 9.58 Å². The van der Waals surface area contributed by atoms with Gasteiger partial charge in [-0.1, -0.05) is 55.5 Å². The Morgan fingerprint density at radius 3 is 2.65 bits per heavy atom. The fourth-order valence-electron chi connectivity index (χ4n) is 4.66. The third-order valence-corrected chi connectivity index (χ3v) is 6.30. The van der Waals surface area contributed by atoms with Crippen LogP contribution in [0.5, 0.6) is 11.5 Å². The van der Waals surface area contributed by atoms with Gasteiger partial charge in [-0.3, -0.25) is 19.3 Å². The molecule has 2 aliphatic heterocycles. The highest BCUT2D eigenvalue weighted by atomic mass is 19.1. The van der Waals surface area contributed by atoms with E-state index in [0.717, 1.165) is 5.56 Å². The lowest BCUT2D eigenvalue weighted by atomic mass is 9.96. The molecule has 0 radical (unpaired) electrons. The lowest BCUT2D eigenvalue weighted by Gasteiger charge is -2.45. The Morgan fingerprint density at radius 2 is 1.88 bits per heavy atom. The summed E-state index contributed by atoms with van der Waals surface area (Å²) in [5.74, 6) is -1.44. The van der Waals surface area contributed by atoms with Gasteiger partial charge in [0.15, 0.2) is 23.0 Å². The minimum Gasteiger partial charge on any atom is -0.502 e. The molecule has 0 unspecified atom stereocenters. The number of benzene rings is 2. The van der Waals surface area contributed by atoms with Crippen LogP contribution in [0.15, 0.2) is 77.7 Å². The average molecular weight is 461 g/mol. The van der Waals surface area contributed by atoms with Gasteiger partial charge in [0.2, 0.25) is 5.43 Å². The predicted octanol–water partition coefficient (Wildman–Crippen LogP) is 3.56. The molecule has 8 heteroatoms. The quantitative estimate of drug-likeness (QED) is 0.591. The number of carbonyl (C=O) groups is 1. The Morgan fingerprint density at radius 1 is 1.09 bits per heavy atom. The average Bonchev–Trinajstić information content (AvgIpc) is 2.87. The van der Waals surface area contributed by atoms with Crippen molar-refractivity contribution in [3.8, 4) is 11.5 Å². The summed E-state index contributed by atoms with van der Waals surface area (Å²) in [6.45, 7) is 2.22. The third-order valence-electron chi connectivity index (χ3n) is 6.30. The van der Waals surface area contributed by atoms with Crippen molar-refractivity contribution in [3.63, 3.8) is 0 Å². The maximum atomic E-state index is 15.0. The second kappa shape index (κ2) is 8.70. The number of carbonyl (C=O) groups excluding carboxylic acids is 1. The Kier molecular flexibility index (Phi) is 5.57. The summed E-state index contributed by atoms with van der Waals surface area (Å²) in [6, 6.07) is 14.6. The van der Waals surface area contributed by atoms with Crippen molar-refractivity contribution in [2.24, 2.45) is 0 Å². The zero-order chi connectivity index (χ0) is 23.8. The van der Waals surface area contributed by atoms with E-state index in [-0.39, 0.29) is 30.8 Å². The van der Waals surface area contributed by atoms with Gasteiger partial charge < -0.3 is 14.7 Å². The maximum Gasteiger partial charge on any atom is 0.278 e. The van der Waals surface area contributed by atoms with Gasteiger partial charge in [-0.25, -0.2) is 4.39 Å². The molecule has 7 nitrogen and oxygen atoms in total. The Hall–Kier alpha value is -4.07. The fourth-order valence-corrected chi connectivity index (χ4v) is 4.66. The van der Waals surface area contributed by atoms with Gasteiger partial charge in [0.1, 0.15) is 19.3 Å². The second-order valence-electron chi connectivity index (χ2n) is 8.26. The fraction of sp³-hybridized carbons (Fsp3) is 0.231. The highest BCUT2D eigenvalue weighted by Crippen LogP contribution is 2.38. The van der Waals surface area contributed by atoms with Crippen LogP contribution in [0.4, 0.5) is 4.39 Å². The molecule has 2 atom stereocenters. The number of fused-ring (bicyclic) bond motifs is 5. The third kappa shape index (κ3) is 3.51. The van der Waals surface area contributed by atoms with E-state index in [9.17, 15) is 14.7 Å². The molecular formula is C26H24FN3O4. The van der Waals surface area contributed by atoms with Gasteiger partial charge in [0, 0.05) is 17.8 Å². The number of hydrogen-bond acceptors (Lipinski definition) is 5. The summed E-state index contributed by atoms with van der Waals surface area (Å²) in [6.07, 6.45) is 5.68. The second-order valence-corrected chi connectivity index (χ2v) is 8.26. The van der Waals surface area contributed by atoms with Crippen LogP contribution in [0, 0.1) is 5.82 Å². The lowest BCUT2D eigenvalue weighted by molar-refractivity contribution is 0.0626. The number of rotatable bonds is 2. The number of aromatic nitrogens is 1. The predicted molar refractivity (Wildman–Crippen MR) is 125 cm³/mol. The van der Waals surface area contributed by atoms with E-state index in [1.165, 1.54) is 23.0 Å². The highest BCUT2D eigenvalue weighted by molar-refractivity contribution is 5.96. The number of aromatic hydroxyl groups is 1. The summed E-state index contributed by atoms with van der Waals surface area (Å²) >= 11 is 0. The maximum absolute atomic E-state index is 15.0. The van der Waals surface area contributed by atoms with Gasteiger partial charge in [0.25, 0.3) is 5.91 Å². The molecule has 0 fully saturated rings. The highest BCUT2D eigenvalue weighted by Gasteiger charge is 2.39. The van der Waals surface area contributed by atoms with E-state index < -0.39 is 28.9 Å². The molecule has 1 N–H and O–H groups in total. The van der Waals surface area contributed by atoms with E-state index >= 15 is 4.39 Å². The molecule has 0 saturated carbocycles. The molecule has 3 aromatic rings. The molecule has 174 valence electrons. The molecule has 1 amide bonds. The summed E-state index contributed by atoms with van der Waals surface area (Å²) < 4.78 is 22.4. The van der Waals surface area contributed by atoms with Crippen LogP contribution in [0.1, 0.15) is 41.0 Å². The summed E-state index contributed by atoms with van der Waals surface area (Å²) in [4.78, 5) is 27.4. The first-order valence-corrected chi connectivity index (χ1v) is 11.2. The van der Waals surface area contributed by atoms with Gasteiger partial charge in [0.05, 0.1) is 6.04 Å². The van der Waals surface area contributed by atoms with E-state index in [1.807, 2.05) is 48.3 Å². The first kappa shape index (κ1) is 21.8. The van der Waals surface area contributed by atoms with Crippen molar-refractivity contribution < 1.29 is 19.0 Å². The number of nitrogens with zero attached hydrogens (tertiary/aromatic N) is 3. The molecule has 0 saturated heterocycles. The normalized spacial score (nSPS) is 20.6. The van der Waals surface area contributed by atoms with Gasteiger partial charge in [-0.15, -0.1) is 0 Å². The molecule has 2 aliphatic rings. The Balaban J connectivity index is 1.83. The Bertz CT molecular complexity index is 1320. The number of ether oxygens (including phenoxy) is 1. The topological polar surface area (TPSA) is 75.0 Å². The van der Waals surface area contributed by atoms with Crippen LogP contribution < -0.4 is 15.2 Å². The van der Waals surface area contributed by atoms with Crippen LogP contribution in [0.2, 0.25) is 0 Å². The van der Waals surface area contributed by atoms with Crippen molar-refractivity contribution in [2.75, 3.05) is 18.3 Å². The van der Waals surface area contributed by atoms with Crippen LogP contribution in [0.3, 0.4) is 0 Å². The number of hydrogen-bond donors (Lipinski definition) is 1. The van der Waals surface area contributed by atoms with Crippen molar-refractivity contribution in [3.05, 3.63) is 106 Å². The van der Waals surface area contributed by atoms with Crippen molar-refractivity contribution >= 4 is 5.91 Å². The molecule has 5 rings (SSSR count). The van der Waals surface area contributed by atoms with E-state index in [0.29, 0.717) is 12.0 Å². The zero-order valence-corrected chi connectivity index (χ0v) is 18.6. The molecule has 0 aliphatic carbocycles. The van der Waals surface area contributed by atoms with Crippen molar-refractivity contribution in [2.45, 2.75) is 25.4 Å². The number of halogens is 1. The van der Waals surface area contributed by atoms with Crippen LogP contribution in [0.25, 0.3) is 0 Å². The Labute approximate surface area is 195 Å².